The highest BCUT2D eigenvalue weighted by Crippen LogP contribution is 2.29. The van der Waals surface area contributed by atoms with Crippen molar-refractivity contribution in [1.29, 1.82) is 0 Å². The van der Waals surface area contributed by atoms with Crippen LogP contribution in [0.15, 0.2) is 30.9 Å². The van der Waals surface area contributed by atoms with E-state index in [-0.39, 0.29) is 0 Å². The van der Waals surface area contributed by atoms with Crippen molar-refractivity contribution >= 4 is 0 Å². The second-order valence-electron chi connectivity index (χ2n) is 4.17. The molecular formula is C14H19NO. The van der Waals surface area contributed by atoms with Crippen LogP contribution < -0.4 is 10.1 Å². The molecule has 1 N–H and O–H groups in total. The van der Waals surface area contributed by atoms with Gasteiger partial charge in [-0.3, -0.25) is 0 Å². The zero-order valence-corrected chi connectivity index (χ0v) is 9.83. The number of hydrogen-bond acceptors (Lipinski definition) is 2. The molecule has 2 nitrogen and oxygen atoms in total. The highest BCUT2D eigenvalue weighted by molar-refractivity contribution is 5.40. The molecule has 1 aliphatic heterocycles. The normalized spacial score (nSPS) is 15.3. The highest BCUT2D eigenvalue weighted by Gasteiger charge is 2.15. The Morgan fingerprint density at radius 2 is 2.44 bits per heavy atom. The van der Waals surface area contributed by atoms with Gasteiger partial charge in [-0.15, -0.1) is 6.58 Å². The Morgan fingerprint density at radius 1 is 1.56 bits per heavy atom. The lowest BCUT2D eigenvalue weighted by atomic mass is 9.99. The summed E-state index contributed by atoms with van der Waals surface area (Å²) < 4.78 is 5.51. The fourth-order valence-corrected chi connectivity index (χ4v) is 2.19. The summed E-state index contributed by atoms with van der Waals surface area (Å²) in [6.45, 7) is 4.60. The van der Waals surface area contributed by atoms with Crippen LogP contribution in [0.3, 0.4) is 0 Å². The van der Waals surface area contributed by atoms with Crippen LogP contribution in [0.4, 0.5) is 0 Å². The standard InChI is InChI=1S/C14H19NO/c1-3-4-5-13(15-2)11-6-7-14-12(10-11)8-9-16-14/h3,6-7,10,13,15H,1,4-5,8-9H2,2H3. The Balaban J connectivity index is 2.15. The van der Waals surface area contributed by atoms with Crippen molar-refractivity contribution in [2.45, 2.75) is 25.3 Å². The number of rotatable bonds is 5. The fraction of sp³-hybridized carbons (Fsp3) is 0.429. The summed E-state index contributed by atoms with van der Waals surface area (Å²) in [6.07, 6.45) is 5.15. The first-order chi connectivity index (χ1) is 7.85. The van der Waals surface area contributed by atoms with Gasteiger partial charge in [0, 0.05) is 12.5 Å². The van der Waals surface area contributed by atoms with Gasteiger partial charge in [0.1, 0.15) is 5.75 Å². The second kappa shape index (κ2) is 5.17. The molecule has 1 aromatic rings. The lowest BCUT2D eigenvalue weighted by Gasteiger charge is -2.16. The van der Waals surface area contributed by atoms with Crippen molar-refractivity contribution in [2.75, 3.05) is 13.7 Å². The molecule has 0 bridgehead atoms. The molecule has 0 saturated carbocycles. The van der Waals surface area contributed by atoms with Crippen LogP contribution in [0.2, 0.25) is 0 Å². The Bertz CT molecular complexity index is 373. The van der Waals surface area contributed by atoms with E-state index >= 15 is 0 Å². The van der Waals surface area contributed by atoms with E-state index in [4.69, 9.17) is 4.74 Å². The Kier molecular flexibility index (Phi) is 3.62. The number of ether oxygens (including phenoxy) is 1. The molecule has 2 rings (SSSR count). The van der Waals surface area contributed by atoms with E-state index in [1.165, 1.54) is 11.1 Å². The summed E-state index contributed by atoms with van der Waals surface area (Å²) in [5, 5.41) is 3.36. The van der Waals surface area contributed by atoms with Crippen LogP contribution in [-0.2, 0) is 6.42 Å². The SMILES string of the molecule is C=CCCC(NC)c1ccc2c(c1)CCO2. The Labute approximate surface area is 97.3 Å². The van der Waals surface area contributed by atoms with Gasteiger partial charge in [0.05, 0.1) is 6.61 Å². The van der Waals surface area contributed by atoms with Gasteiger partial charge in [-0.05, 0) is 37.1 Å². The molecule has 16 heavy (non-hydrogen) atoms. The third-order valence-electron chi connectivity index (χ3n) is 3.12. The monoisotopic (exact) mass is 217 g/mol. The lowest BCUT2D eigenvalue weighted by Crippen LogP contribution is -2.16. The van der Waals surface area contributed by atoms with Crippen LogP contribution in [-0.4, -0.2) is 13.7 Å². The maximum atomic E-state index is 5.51. The summed E-state index contributed by atoms with van der Waals surface area (Å²) in [6, 6.07) is 6.94. The molecule has 0 amide bonds. The number of hydrogen-bond donors (Lipinski definition) is 1. The minimum atomic E-state index is 0.420. The van der Waals surface area contributed by atoms with Crippen molar-refractivity contribution in [1.82, 2.24) is 5.32 Å². The van der Waals surface area contributed by atoms with Crippen LogP contribution in [0.5, 0.6) is 5.75 Å². The van der Waals surface area contributed by atoms with Gasteiger partial charge in [-0.25, -0.2) is 0 Å². The summed E-state index contributed by atoms with van der Waals surface area (Å²) in [7, 11) is 2.01. The van der Waals surface area contributed by atoms with Crippen LogP contribution in [0.1, 0.15) is 30.0 Å². The third kappa shape index (κ3) is 2.27. The van der Waals surface area contributed by atoms with Crippen molar-refractivity contribution in [3.8, 4) is 5.75 Å². The number of allylic oxidation sites excluding steroid dienone is 1. The molecule has 0 spiro atoms. The minimum Gasteiger partial charge on any atom is -0.493 e. The van der Waals surface area contributed by atoms with E-state index in [2.05, 4.69) is 30.1 Å². The van der Waals surface area contributed by atoms with Crippen molar-refractivity contribution in [3.05, 3.63) is 42.0 Å². The zero-order valence-electron chi connectivity index (χ0n) is 9.83. The van der Waals surface area contributed by atoms with E-state index in [1.807, 2.05) is 13.1 Å². The molecule has 1 atom stereocenters. The first kappa shape index (κ1) is 11.2. The molecule has 0 radical (unpaired) electrons. The third-order valence-corrected chi connectivity index (χ3v) is 3.12. The van der Waals surface area contributed by atoms with Crippen molar-refractivity contribution < 1.29 is 4.74 Å². The second-order valence-corrected chi connectivity index (χ2v) is 4.17. The van der Waals surface area contributed by atoms with Gasteiger partial charge in [-0.2, -0.15) is 0 Å². The highest BCUT2D eigenvalue weighted by atomic mass is 16.5. The summed E-state index contributed by atoms with van der Waals surface area (Å²) in [5.41, 5.74) is 2.70. The number of nitrogens with one attached hydrogen (secondary N) is 1. The summed E-state index contributed by atoms with van der Waals surface area (Å²) in [5.74, 6) is 1.06. The van der Waals surface area contributed by atoms with Gasteiger partial charge < -0.3 is 10.1 Å². The Morgan fingerprint density at radius 3 is 3.19 bits per heavy atom. The molecule has 0 aliphatic carbocycles. The quantitative estimate of drug-likeness (QED) is 0.766. The number of benzene rings is 1. The maximum absolute atomic E-state index is 5.51. The van der Waals surface area contributed by atoms with Gasteiger partial charge >= 0.3 is 0 Å². The number of fused-ring (bicyclic) bond motifs is 1. The van der Waals surface area contributed by atoms with Crippen molar-refractivity contribution in [2.24, 2.45) is 0 Å². The van der Waals surface area contributed by atoms with E-state index in [0.717, 1.165) is 31.6 Å². The minimum absolute atomic E-state index is 0.420. The van der Waals surface area contributed by atoms with E-state index in [0.29, 0.717) is 6.04 Å². The first-order valence-electron chi connectivity index (χ1n) is 5.89. The first-order valence-corrected chi connectivity index (χ1v) is 5.89. The van der Waals surface area contributed by atoms with E-state index in [1.54, 1.807) is 0 Å². The largest absolute Gasteiger partial charge is 0.493 e. The average Bonchev–Trinajstić information content (AvgIpc) is 2.77. The molecule has 0 fully saturated rings. The molecule has 1 aliphatic rings. The molecule has 86 valence electrons. The van der Waals surface area contributed by atoms with Gasteiger partial charge in [0.25, 0.3) is 0 Å². The van der Waals surface area contributed by atoms with Gasteiger partial charge in [0.15, 0.2) is 0 Å². The van der Waals surface area contributed by atoms with Crippen LogP contribution in [0, 0.1) is 0 Å². The van der Waals surface area contributed by atoms with E-state index in [9.17, 15) is 0 Å². The summed E-state index contributed by atoms with van der Waals surface area (Å²) >= 11 is 0. The van der Waals surface area contributed by atoms with E-state index < -0.39 is 0 Å². The topological polar surface area (TPSA) is 21.3 Å². The molecule has 1 unspecified atom stereocenters. The molecule has 0 saturated heterocycles. The van der Waals surface area contributed by atoms with Crippen LogP contribution >= 0.6 is 0 Å². The molecule has 1 heterocycles. The van der Waals surface area contributed by atoms with Gasteiger partial charge in [-0.1, -0.05) is 18.2 Å². The predicted molar refractivity (Wildman–Crippen MR) is 66.9 cm³/mol. The molecule has 1 aromatic carbocycles. The molecular weight excluding hydrogens is 198 g/mol. The van der Waals surface area contributed by atoms with Crippen molar-refractivity contribution in [3.63, 3.8) is 0 Å². The Hall–Kier alpha value is -1.28. The predicted octanol–water partition coefficient (Wildman–Crippen LogP) is 2.85. The van der Waals surface area contributed by atoms with Crippen LogP contribution in [0.25, 0.3) is 0 Å². The average molecular weight is 217 g/mol. The fourth-order valence-electron chi connectivity index (χ4n) is 2.19. The van der Waals surface area contributed by atoms with Gasteiger partial charge in [0.2, 0.25) is 0 Å². The molecule has 2 heteroatoms. The maximum Gasteiger partial charge on any atom is 0.122 e. The zero-order chi connectivity index (χ0) is 11.4. The molecule has 0 aromatic heterocycles. The smallest absolute Gasteiger partial charge is 0.122 e. The summed E-state index contributed by atoms with van der Waals surface area (Å²) in [4.78, 5) is 0. The lowest BCUT2D eigenvalue weighted by molar-refractivity contribution is 0.356.